The lowest BCUT2D eigenvalue weighted by molar-refractivity contribution is 0.182. The summed E-state index contributed by atoms with van der Waals surface area (Å²) < 4.78 is 0. The van der Waals surface area contributed by atoms with Crippen LogP contribution in [0.1, 0.15) is 16.5 Å². The standard InChI is InChI=1S/C10H9ClN2OS/c11-8-4-12-2-1-7(8)3-9(14)10-5-13-6-15-10/h1-2,4-6,9,14H,3H2. The van der Waals surface area contributed by atoms with Crippen LogP contribution >= 0.6 is 22.9 Å². The van der Waals surface area contributed by atoms with Crippen molar-refractivity contribution in [1.82, 2.24) is 9.97 Å². The lowest BCUT2D eigenvalue weighted by Crippen LogP contribution is -2.00. The molecule has 2 aromatic rings. The van der Waals surface area contributed by atoms with Gasteiger partial charge >= 0.3 is 0 Å². The number of aliphatic hydroxyl groups is 1. The van der Waals surface area contributed by atoms with Gasteiger partial charge in [0.15, 0.2) is 0 Å². The number of aliphatic hydroxyl groups excluding tert-OH is 1. The van der Waals surface area contributed by atoms with E-state index in [1.807, 2.05) is 6.07 Å². The van der Waals surface area contributed by atoms with Crippen LogP contribution in [-0.4, -0.2) is 15.1 Å². The topological polar surface area (TPSA) is 46.0 Å². The van der Waals surface area contributed by atoms with Gasteiger partial charge in [-0.1, -0.05) is 11.6 Å². The first-order chi connectivity index (χ1) is 7.27. The fourth-order valence-corrected chi connectivity index (χ4v) is 2.07. The van der Waals surface area contributed by atoms with E-state index in [1.54, 1.807) is 24.1 Å². The maximum Gasteiger partial charge on any atom is 0.0938 e. The van der Waals surface area contributed by atoms with Crippen molar-refractivity contribution >= 4 is 22.9 Å². The van der Waals surface area contributed by atoms with E-state index in [2.05, 4.69) is 9.97 Å². The predicted molar refractivity (Wildman–Crippen MR) is 60.0 cm³/mol. The summed E-state index contributed by atoms with van der Waals surface area (Å²) in [5.41, 5.74) is 2.60. The van der Waals surface area contributed by atoms with Gasteiger partial charge in [-0.2, -0.15) is 0 Å². The molecule has 1 unspecified atom stereocenters. The quantitative estimate of drug-likeness (QED) is 0.897. The van der Waals surface area contributed by atoms with Crippen LogP contribution in [0, 0.1) is 0 Å². The number of rotatable bonds is 3. The first-order valence-electron chi connectivity index (χ1n) is 4.42. The smallest absolute Gasteiger partial charge is 0.0938 e. The number of aromatic nitrogens is 2. The van der Waals surface area contributed by atoms with Gasteiger partial charge in [-0.3, -0.25) is 9.97 Å². The molecule has 1 atom stereocenters. The number of nitrogens with zero attached hydrogens (tertiary/aromatic N) is 2. The van der Waals surface area contributed by atoms with E-state index in [-0.39, 0.29) is 0 Å². The Morgan fingerprint density at radius 1 is 1.40 bits per heavy atom. The summed E-state index contributed by atoms with van der Waals surface area (Å²) in [4.78, 5) is 8.66. The van der Waals surface area contributed by atoms with Crippen molar-refractivity contribution in [3.63, 3.8) is 0 Å². The SMILES string of the molecule is OC(Cc1ccncc1Cl)c1cncs1. The van der Waals surface area contributed by atoms with Crippen molar-refractivity contribution in [2.45, 2.75) is 12.5 Å². The van der Waals surface area contributed by atoms with Gasteiger partial charge in [0.1, 0.15) is 0 Å². The molecule has 0 aliphatic heterocycles. The maximum absolute atomic E-state index is 9.88. The Labute approximate surface area is 96.4 Å². The van der Waals surface area contributed by atoms with E-state index in [0.717, 1.165) is 10.4 Å². The van der Waals surface area contributed by atoms with Crippen LogP contribution in [0.5, 0.6) is 0 Å². The summed E-state index contributed by atoms with van der Waals surface area (Å²) in [6.45, 7) is 0. The van der Waals surface area contributed by atoms with E-state index < -0.39 is 6.10 Å². The van der Waals surface area contributed by atoms with Gasteiger partial charge < -0.3 is 5.11 Å². The number of hydrogen-bond acceptors (Lipinski definition) is 4. The number of pyridine rings is 1. The molecule has 0 radical (unpaired) electrons. The minimum atomic E-state index is -0.544. The summed E-state index contributed by atoms with van der Waals surface area (Å²) in [6.07, 6.45) is 4.86. The van der Waals surface area contributed by atoms with Crippen molar-refractivity contribution in [2.75, 3.05) is 0 Å². The van der Waals surface area contributed by atoms with E-state index >= 15 is 0 Å². The highest BCUT2D eigenvalue weighted by molar-refractivity contribution is 7.09. The Bertz CT molecular complexity index is 433. The molecule has 15 heavy (non-hydrogen) atoms. The van der Waals surface area contributed by atoms with E-state index in [0.29, 0.717) is 11.4 Å². The zero-order chi connectivity index (χ0) is 10.7. The minimum Gasteiger partial charge on any atom is -0.387 e. The molecular weight excluding hydrogens is 232 g/mol. The van der Waals surface area contributed by atoms with Crippen LogP contribution < -0.4 is 0 Å². The summed E-state index contributed by atoms with van der Waals surface area (Å²) in [7, 11) is 0. The average Bonchev–Trinajstić information content (AvgIpc) is 2.74. The summed E-state index contributed by atoms with van der Waals surface area (Å²) in [5, 5.41) is 10.5. The highest BCUT2D eigenvalue weighted by Crippen LogP contribution is 2.24. The van der Waals surface area contributed by atoms with Gasteiger partial charge in [-0.25, -0.2) is 0 Å². The van der Waals surface area contributed by atoms with Crippen molar-refractivity contribution < 1.29 is 5.11 Å². The van der Waals surface area contributed by atoms with Crippen molar-refractivity contribution in [3.8, 4) is 0 Å². The van der Waals surface area contributed by atoms with E-state index in [9.17, 15) is 5.11 Å². The van der Waals surface area contributed by atoms with E-state index in [1.165, 1.54) is 11.3 Å². The van der Waals surface area contributed by atoms with Crippen molar-refractivity contribution in [3.05, 3.63) is 45.6 Å². The molecule has 5 heteroatoms. The van der Waals surface area contributed by atoms with Crippen molar-refractivity contribution in [1.29, 1.82) is 0 Å². The number of halogens is 1. The molecule has 0 amide bonds. The Kier molecular flexibility index (Phi) is 3.30. The van der Waals surface area contributed by atoms with Crippen LogP contribution in [0.3, 0.4) is 0 Å². The molecule has 0 aliphatic rings. The maximum atomic E-state index is 9.88. The zero-order valence-corrected chi connectivity index (χ0v) is 9.37. The number of thiazole rings is 1. The molecule has 0 spiro atoms. The Morgan fingerprint density at radius 2 is 2.27 bits per heavy atom. The Morgan fingerprint density at radius 3 is 2.93 bits per heavy atom. The predicted octanol–water partition coefficient (Wildman–Crippen LogP) is 2.47. The third-order valence-corrected chi connectivity index (χ3v) is 3.27. The molecule has 0 aliphatic carbocycles. The molecule has 0 saturated carbocycles. The molecular formula is C10H9ClN2OS. The molecule has 2 rings (SSSR count). The summed E-state index contributed by atoms with van der Waals surface area (Å²) >= 11 is 7.38. The highest BCUT2D eigenvalue weighted by Gasteiger charge is 2.11. The largest absolute Gasteiger partial charge is 0.387 e. The second kappa shape index (κ2) is 4.70. The van der Waals surface area contributed by atoms with E-state index in [4.69, 9.17) is 11.6 Å². The first kappa shape index (κ1) is 10.5. The molecule has 3 nitrogen and oxygen atoms in total. The number of hydrogen-bond donors (Lipinski definition) is 1. The summed E-state index contributed by atoms with van der Waals surface area (Å²) in [5.74, 6) is 0. The molecule has 0 saturated heterocycles. The fourth-order valence-electron chi connectivity index (χ4n) is 1.27. The van der Waals surface area contributed by atoms with Crippen LogP contribution in [0.2, 0.25) is 5.02 Å². The van der Waals surface area contributed by atoms with Crippen molar-refractivity contribution in [2.24, 2.45) is 0 Å². The van der Waals surface area contributed by atoms with Crippen LogP contribution in [0.4, 0.5) is 0 Å². The second-order valence-electron chi connectivity index (χ2n) is 3.09. The lowest BCUT2D eigenvalue weighted by atomic mass is 10.1. The highest BCUT2D eigenvalue weighted by atomic mass is 35.5. The monoisotopic (exact) mass is 240 g/mol. The Balaban J connectivity index is 2.13. The van der Waals surface area contributed by atoms with Crippen LogP contribution in [0.15, 0.2) is 30.2 Å². The lowest BCUT2D eigenvalue weighted by Gasteiger charge is -2.08. The third-order valence-electron chi connectivity index (χ3n) is 2.05. The molecule has 0 fully saturated rings. The zero-order valence-electron chi connectivity index (χ0n) is 7.80. The van der Waals surface area contributed by atoms with Gasteiger partial charge in [0.05, 0.1) is 21.5 Å². The normalized spacial score (nSPS) is 12.7. The van der Waals surface area contributed by atoms with Gasteiger partial charge in [0.25, 0.3) is 0 Å². The Hall–Kier alpha value is -0.970. The molecule has 0 aromatic carbocycles. The summed E-state index contributed by atoms with van der Waals surface area (Å²) in [6, 6.07) is 1.81. The third kappa shape index (κ3) is 2.53. The molecule has 2 heterocycles. The molecule has 2 aromatic heterocycles. The molecule has 1 N–H and O–H groups in total. The first-order valence-corrected chi connectivity index (χ1v) is 5.68. The average molecular weight is 241 g/mol. The minimum absolute atomic E-state index is 0.490. The molecule has 78 valence electrons. The van der Waals surface area contributed by atoms with Gasteiger partial charge in [-0.05, 0) is 11.6 Å². The second-order valence-corrected chi connectivity index (χ2v) is 4.42. The van der Waals surface area contributed by atoms with Gasteiger partial charge in [0.2, 0.25) is 0 Å². The fraction of sp³-hybridized carbons (Fsp3) is 0.200. The van der Waals surface area contributed by atoms with Crippen LogP contribution in [0.25, 0.3) is 0 Å². The van der Waals surface area contributed by atoms with Crippen LogP contribution in [-0.2, 0) is 6.42 Å². The van der Waals surface area contributed by atoms with Gasteiger partial charge in [-0.15, -0.1) is 11.3 Å². The van der Waals surface area contributed by atoms with Gasteiger partial charge in [0, 0.05) is 25.0 Å². The molecule has 0 bridgehead atoms.